The van der Waals surface area contributed by atoms with Gasteiger partial charge in [-0.15, -0.1) is 0 Å². The van der Waals surface area contributed by atoms with Gasteiger partial charge in [0.15, 0.2) is 19.7 Å². The summed E-state index contributed by atoms with van der Waals surface area (Å²) in [6.07, 6.45) is 3.83. The van der Waals surface area contributed by atoms with Crippen LogP contribution in [0.4, 0.5) is 0 Å². The second-order valence-electron chi connectivity index (χ2n) is 16.0. The number of unbranched alkanes of at least 4 members (excludes halogenated alkanes) is 2. The zero-order valence-electron chi connectivity index (χ0n) is 34.6. The third-order valence-electron chi connectivity index (χ3n) is 11.5. The predicted octanol–water partition coefficient (Wildman–Crippen LogP) is 9.88. The fourth-order valence-corrected chi connectivity index (χ4v) is 12.0. The van der Waals surface area contributed by atoms with Crippen LogP contribution in [-0.2, 0) is 44.0 Å². The molecule has 0 bridgehead atoms. The molecule has 0 heterocycles. The number of benzene rings is 4. The van der Waals surface area contributed by atoms with Crippen LogP contribution in [0, 0.1) is 13.8 Å². The Bertz CT molecular complexity index is 2250. The number of rotatable bonds is 21. The summed E-state index contributed by atoms with van der Waals surface area (Å²) in [6, 6.07) is 25.6. The van der Waals surface area contributed by atoms with Crippen molar-refractivity contribution in [1.29, 1.82) is 0 Å². The minimum Gasteiger partial charge on any atom is -0.385 e. The van der Waals surface area contributed by atoms with Crippen molar-refractivity contribution in [2.75, 3.05) is 57.2 Å². The lowest BCUT2D eigenvalue weighted by molar-refractivity contribution is -0.0688. The summed E-state index contributed by atoms with van der Waals surface area (Å²) in [4.78, 5) is 0. The van der Waals surface area contributed by atoms with Gasteiger partial charge in [0.2, 0.25) is 0 Å². The minimum absolute atomic E-state index is 0.0413. The second kappa shape index (κ2) is 18.7. The Kier molecular flexibility index (Phi) is 14.2. The van der Waals surface area contributed by atoms with Gasteiger partial charge in [-0.2, -0.15) is 0 Å². The highest BCUT2D eigenvalue weighted by Crippen LogP contribution is 2.54. The van der Waals surface area contributed by atoms with E-state index in [1.165, 1.54) is 0 Å². The molecule has 6 rings (SSSR count). The van der Waals surface area contributed by atoms with Gasteiger partial charge in [-0.1, -0.05) is 85.6 Å². The van der Waals surface area contributed by atoms with Crippen molar-refractivity contribution in [2.24, 2.45) is 0 Å². The second-order valence-corrected chi connectivity index (χ2v) is 20.3. The van der Waals surface area contributed by atoms with E-state index >= 15 is 0 Å². The molecule has 10 heteroatoms. The summed E-state index contributed by atoms with van der Waals surface area (Å²) in [5.74, 6) is -0.184. The molecule has 57 heavy (non-hydrogen) atoms. The van der Waals surface area contributed by atoms with Crippen LogP contribution in [0.1, 0.15) is 104 Å². The third kappa shape index (κ3) is 9.58. The Morgan fingerprint density at radius 2 is 1.07 bits per heavy atom. The Morgan fingerprint density at radius 3 is 1.74 bits per heavy atom. The summed E-state index contributed by atoms with van der Waals surface area (Å²) < 4.78 is 77.9. The van der Waals surface area contributed by atoms with Gasteiger partial charge in [0.05, 0.1) is 11.5 Å². The van der Waals surface area contributed by atoms with E-state index in [1.807, 2.05) is 13.8 Å². The quantitative estimate of drug-likeness (QED) is 0.0766. The predicted molar refractivity (Wildman–Crippen MR) is 230 cm³/mol. The topological polar surface area (TPSA) is 105 Å². The molecule has 0 saturated heterocycles. The minimum atomic E-state index is -3.47. The molecule has 2 aliphatic carbocycles. The molecule has 0 spiro atoms. The van der Waals surface area contributed by atoms with E-state index in [0.29, 0.717) is 39.1 Å². The average molecular weight is 817 g/mol. The zero-order chi connectivity index (χ0) is 40.8. The first-order valence-corrected chi connectivity index (χ1v) is 24.1. The molecule has 0 aliphatic heterocycles. The number of fused-ring (bicyclic) bond motifs is 6. The van der Waals surface area contributed by atoms with Gasteiger partial charge in [-0.05, 0) is 127 Å². The number of ether oxygens (including phenoxy) is 4. The molecule has 8 nitrogen and oxygen atoms in total. The average Bonchev–Trinajstić information content (AvgIpc) is 3.42. The van der Waals surface area contributed by atoms with Gasteiger partial charge < -0.3 is 18.9 Å². The van der Waals surface area contributed by atoms with E-state index in [2.05, 4.69) is 86.6 Å². The fraction of sp³-hybridized carbons (Fsp3) is 0.489. The molecule has 0 fully saturated rings. The fourth-order valence-electron chi connectivity index (χ4n) is 8.89. The molecule has 308 valence electrons. The molecule has 2 aliphatic rings. The van der Waals surface area contributed by atoms with Gasteiger partial charge >= 0.3 is 0 Å². The van der Waals surface area contributed by atoms with Crippen LogP contribution in [0.15, 0.2) is 72.8 Å². The first kappa shape index (κ1) is 43.2. The molecule has 3 unspecified atom stereocenters. The molecule has 0 amide bonds. The Hall–Kier alpha value is -3.38. The molecule has 0 aromatic heterocycles. The van der Waals surface area contributed by atoms with E-state index in [0.717, 1.165) is 92.4 Å². The molecule has 3 atom stereocenters. The van der Waals surface area contributed by atoms with Crippen LogP contribution in [0.3, 0.4) is 0 Å². The Balaban J connectivity index is 1.49. The van der Waals surface area contributed by atoms with Crippen molar-refractivity contribution in [3.05, 3.63) is 106 Å². The number of hydrogen-bond donors (Lipinski definition) is 0. The van der Waals surface area contributed by atoms with Crippen molar-refractivity contribution < 1.29 is 35.8 Å². The summed E-state index contributed by atoms with van der Waals surface area (Å²) in [7, 11) is -3.48. The van der Waals surface area contributed by atoms with Crippen molar-refractivity contribution in [3.63, 3.8) is 0 Å². The van der Waals surface area contributed by atoms with E-state index in [9.17, 15) is 16.8 Å². The van der Waals surface area contributed by atoms with Gasteiger partial charge in [-0.3, -0.25) is 0 Å². The van der Waals surface area contributed by atoms with E-state index in [-0.39, 0.29) is 17.3 Å². The molecule has 4 aromatic rings. The van der Waals surface area contributed by atoms with E-state index in [1.54, 1.807) is 14.2 Å². The molecular formula is C47H60O8S2. The molecule has 4 aromatic carbocycles. The van der Waals surface area contributed by atoms with Crippen LogP contribution in [0.25, 0.3) is 33.4 Å². The molecule has 0 radical (unpaired) electrons. The lowest BCUT2D eigenvalue weighted by atomic mass is 9.75. The van der Waals surface area contributed by atoms with Crippen LogP contribution >= 0.6 is 0 Å². The Morgan fingerprint density at radius 1 is 0.561 bits per heavy atom. The monoisotopic (exact) mass is 816 g/mol. The SMILES string of the molecule is CCCS(=O)(=O)COC1c2cc(-c3ccc4c(c3)C(CCCCOC)(CS(=O)(=O)CCC)c3cc(C)ccc3-4)ccc2-c2ccc(C)cc2C1OCCCCOC. The van der Waals surface area contributed by atoms with E-state index in [4.69, 9.17) is 18.9 Å². The maximum absolute atomic E-state index is 13.9. The van der Waals surface area contributed by atoms with Gasteiger partial charge in [0.1, 0.15) is 18.1 Å². The van der Waals surface area contributed by atoms with Gasteiger partial charge in [0.25, 0.3) is 0 Å². The number of aryl methyl sites for hydroxylation is 2. The first-order valence-electron chi connectivity index (χ1n) is 20.5. The standard InChI is InChI=1S/C47H60O8S2/c1-7-25-56(48,49)31-47(21-9-10-22-52-5)43-28-34(4)14-18-39(43)40-20-16-36(30-44(40)47)35-15-19-38-37-17-13-33(3)27-41(37)45(54-24-12-11-23-53-6)46(42(38)29-35)55-32-57(50,51)26-8-2/h13-20,27-30,45-46H,7-12,21-26,31-32H2,1-6H3. The van der Waals surface area contributed by atoms with Crippen molar-refractivity contribution in [3.8, 4) is 33.4 Å². The van der Waals surface area contributed by atoms with Crippen LogP contribution < -0.4 is 0 Å². The lowest BCUT2D eigenvalue weighted by Gasteiger charge is -2.36. The molecular weight excluding hydrogens is 757 g/mol. The van der Waals surface area contributed by atoms with Crippen LogP contribution in [-0.4, -0.2) is 74.1 Å². The maximum atomic E-state index is 13.9. The summed E-state index contributed by atoms with van der Waals surface area (Å²) >= 11 is 0. The van der Waals surface area contributed by atoms with Crippen molar-refractivity contribution in [1.82, 2.24) is 0 Å². The highest BCUT2D eigenvalue weighted by Gasteiger charge is 2.46. The highest BCUT2D eigenvalue weighted by molar-refractivity contribution is 7.91. The Labute approximate surface area is 341 Å². The molecule has 0 N–H and O–H groups in total. The van der Waals surface area contributed by atoms with Gasteiger partial charge in [0, 0.05) is 45.2 Å². The molecule has 0 saturated carbocycles. The number of sulfone groups is 2. The largest absolute Gasteiger partial charge is 0.385 e. The zero-order valence-corrected chi connectivity index (χ0v) is 36.2. The van der Waals surface area contributed by atoms with Crippen molar-refractivity contribution >= 4 is 19.7 Å². The summed E-state index contributed by atoms with van der Waals surface area (Å²) in [5.41, 5.74) is 11.5. The summed E-state index contributed by atoms with van der Waals surface area (Å²) in [5, 5.41) is 0. The van der Waals surface area contributed by atoms with Crippen LogP contribution in [0.5, 0.6) is 0 Å². The number of methoxy groups -OCH3 is 2. The van der Waals surface area contributed by atoms with Gasteiger partial charge in [-0.25, -0.2) is 16.8 Å². The van der Waals surface area contributed by atoms with Crippen LogP contribution in [0.2, 0.25) is 0 Å². The smallest absolute Gasteiger partial charge is 0.174 e. The lowest BCUT2D eigenvalue weighted by Crippen LogP contribution is -2.35. The third-order valence-corrected chi connectivity index (χ3v) is 14.9. The normalized spacial score (nSPS) is 18.6. The first-order chi connectivity index (χ1) is 27.4. The van der Waals surface area contributed by atoms with Crippen molar-refractivity contribution in [2.45, 2.75) is 90.3 Å². The summed E-state index contributed by atoms with van der Waals surface area (Å²) in [6.45, 7) is 9.61. The number of hydrogen-bond acceptors (Lipinski definition) is 8. The highest BCUT2D eigenvalue weighted by atomic mass is 32.2. The van der Waals surface area contributed by atoms with E-state index < -0.39 is 43.2 Å². The maximum Gasteiger partial charge on any atom is 0.174 e.